The van der Waals surface area contributed by atoms with E-state index in [-0.39, 0.29) is 18.0 Å². The Bertz CT molecular complexity index is 805. The van der Waals surface area contributed by atoms with Gasteiger partial charge in [-0.15, -0.1) is 0 Å². The molecule has 9 nitrogen and oxygen atoms in total. The van der Waals surface area contributed by atoms with E-state index in [2.05, 4.69) is 15.4 Å². The van der Waals surface area contributed by atoms with E-state index in [1.54, 1.807) is 48.2 Å². The van der Waals surface area contributed by atoms with Gasteiger partial charge < -0.3 is 19.9 Å². The number of amides is 3. The lowest BCUT2D eigenvalue weighted by Crippen LogP contribution is -2.41. The zero-order valence-electron chi connectivity index (χ0n) is 15.8. The minimum atomic E-state index is -0.217. The van der Waals surface area contributed by atoms with E-state index in [1.165, 1.54) is 18.3 Å². The molecule has 2 heterocycles. The number of carbonyl (C=O) groups is 2. The number of likely N-dealkylation sites (tertiary alicyclic amines) is 1. The summed E-state index contributed by atoms with van der Waals surface area (Å²) in [5, 5.41) is 7.01. The number of hydrogen-bond acceptors (Lipinski definition) is 5. The Kier molecular flexibility index (Phi) is 5.58. The van der Waals surface area contributed by atoms with Gasteiger partial charge in [0.05, 0.1) is 25.4 Å². The Labute approximate surface area is 157 Å². The fraction of sp³-hybridized carbons (Fsp3) is 0.444. The molecule has 1 atom stereocenters. The summed E-state index contributed by atoms with van der Waals surface area (Å²) < 4.78 is 7.07. The standard InChI is InChI=1S/C18H24N6O3/c1-22(2)17(25)13-6-7-16(27-3)15(9-13)21-18(26)24-8-4-5-14(24)10-23-12-19-11-20-23/h6-7,9,11-12,14H,4-5,8,10H2,1-3H3,(H,21,26). The molecule has 0 saturated carbocycles. The van der Waals surface area contributed by atoms with Gasteiger partial charge in [-0.25, -0.2) is 9.78 Å². The highest BCUT2D eigenvalue weighted by molar-refractivity contribution is 5.98. The minimum absolute atomic E-state index is 0.0456. The van der Waals surface area contributed by atoms with Crippen LogP contribution in [0.3, 0.4) is 0 Å². The number of carbonyl (C=O) groups excluding carboxylic acids is 2. The van der Waals surface area contributed by atoms with Crippen LogP contribution >= 0.6 is 0 Å². The number of methoxy groups -OCH3 is 1. The summed E-state index contributed by atoms with van der Waals surface area (Å²) in [7, 11) is 4.90. The average molecular weight is 372 g/mol. The number of hydrogen-bond donors (Lipinski definition) is 1. The number of benzene rings is 1. The molecule has 0 aliphatic carbocycles. The summed E-state index contributed by atoms with van der Waals surface area (Å²) in [6, 6.07) is 4.83. The molecule has 1 fully saturated rings. The van der Waals surface area contributed by atoms with Gasteiger partial charge in [0.25, 0.3) is 5.91 Å². The molecule has 144 valence electrons. The molecular formula is C18H24N6O3. The molecule has 1 aliphatic heterocycles. The highest BCUT2D eigenvalue weighted by Crippen LogP contribution is 2.28. The van der Waals surface area contributed by atoms with E-state index < -0.39 is 0 Å². The maximum Gasteiger partial charge on any atom is 0.322 e. The van der Waals surface area contributed by atoms with Crippen LogP contribution in [-0.2, 0) is 6.54 Å². The number of aromatic nitrogens is 3. The molecule has 27 heavy (non-hydrogen) atoms. The van der Waals surface area contributed by atoms with Gasteiger partial charge in [0.2, 0.25) is 0 Å². The second kappa shape index (κ2) is 8.07. The zero-order valence-corrected chi connectivity index (χ0v) is 15.8. The molecule has 3 amide bonds. The van der Waals surface area contributed by atoms with Gasteiger partial charge in [0.1, 0.15) is 18.4 Å². The van der Waals surface area contributed by atoms with Crippen molar-refractivity contribution in [2.75, 3.05) is 33.1 Å². The van der Waals surface area contributed by atoms with Crippen molar-refractivity contribution in [3.63, 3.8) is 0 Å². The lowest BCUT2D eigenvalue weighted by Gasteiger charge is -2.25. The van der Waals surface area contributed by atoms with Crippen LogP contribution < -0.4 is 10.1 Å². The van der Waals surface area contributed by atoms with E-state index in [9.17, 15) is 9.59 Å². The van der Waals surface area contributed by atoms with Crippen LogP contribution in [0.25, 0.3) is 0 Å². The van der Waals surface area contributed by atoms with Gasteiger partial charge in [-0.3, -0.25) is 9.48 Å². The molecule has 1 N–H and O–H groups in total. The molecule has 1 aromatic heterocycles. The van der Waals surface area contributed by atoms with Crippen molar-refractivity contribution >= 4 is 17.6 Å². The highest BCUT2D eigenvalue weighted by atomic mass is 16.5. The third-order valence-corrected chi connectivity index (χ3v) is 4.60. The lowest BCUT2D eigenvalue weighted by molar-refractivity contribution is 0.0827. The largest absolute Gasteiger partial charge is 0.495 e. The van der Waals surface area contributed by atoms with Crippen LogP contribution in [-0.4, -0.2) is 70.3 Å². The molecule has 1 aromatic carbocycles. The summed E-state index contributed by atoms with van der Waals surface area (Å²) in [6.07, 6.45) is 4.97. The van der Waals surface area contributed by atoms with E-state index in [0.717, 1.165) is 12.8 Å². The van der Waals surface area contributed by atoms with Crippen molar-refractivity contribution in [2.45, 2.75) is 25.4 Å². The van der Waals surface area contributed by atoms with Crippen LogP contribution in [0, 0.1) is 0 Å². The second-order valence-electron chi connectivity index (χ2n) is 6.65. The molecule has 1 aliphatic rings. The predicted molar refractivity (Wildman–Crippen MR) is 99.8 cm³/mol. The average Bonchev–Trinajstić information content (AvgIpc) is 3.33. The number of anilines is 1. The molecular weight excluding hydrogens is 348 g/mol. The Morgan fingerprint density at radius 1 is 1.37 bits per heavy atom. The topological polar surface area (TPSA) is 92.6 Å². The lowest BCUT2D eigenvalue weighted by atomic mass is 10.1. The smallest absolute Gasteiger partial charge is 0.322 e. The Hall–Kier alpha value is -3.10. The quantitative estimate of drug-likeness (QED) is 0.862. The number of ether oxygens (including phenoxy) is 1. The summed E-state index contributed by atoms with van der Waals surface area (Å²) in [4.78, 5) is 32.3. The maximum absolute atomic E-state index is 12.9. The van der Waals surface area contributed by atoms with Crippen molar-refractivity contribution in [1.82, 2.24) is 24.6 Å². The molecule has 9 heteroatoms. The first-order valence-corrected chi connectivity index (χ1v) is 8.79. The summed E-state index contributed by atoms with van der Waals surface area (Å²) >= 11 is 0. The molecule has 1 saturated heterocycles. The third kappa shape index (κ3) is 4.18. The van der Waals surface area contributed by atoms with Gasteiger partial charge in [-0.1, -0.05) is 0 Å². The Balaban J connectivity index is 1.76. The highest BCUT2D eigenvalue weighted by Gasteiger charge is 2.29. The number of rotatable bonds is 5. The van der Waals surface area contributed by atoms with Crippen LogP contribution in [0.2, 0.25) is 0 Å². The summed E-state index contributed by atoms with van der Waals surface area (Å²) in [5.41, 5.74) is 0.957. The van der Waals surface area contributed by atoms with Crippen molar-refractivity contribution in [3.8, 4) is 5.75 Å². The summed E-state index contributed by atoms with van der Waals surface area (Å²) in [5.74, 6) is 0.365. The first-order chi connectivity index (χ1) is 13.0. The monoisotopic (exact) mass is 372 g/mol. The van der Waals surface area contributed by atoms with Gasteiger partial charge >= 0.3 is 6.03 Å². The normalized spacial score (nSPS) is 16.3. The SMILES string of the molecule is COc1ccc(C(=O)N(C)C)cc1NC(=O)N1CCCC1Cn1cncn1. The number of nitrogens with one attached hydrogen (secondary N) is 1. The van der Waals surface area contributed by atoms with Crippen LogP contribution in [0.15, 0.2) is 30.9 Å². The van der Waals surface area contributed by atoms with Gasteiger partial charge in [0.15, 0.2) is 0 Å². The zero-order chi connectivity index (χ0) is 19.4. The second-order valence-corrected chi connectivity index (χ2v) is 6.65. The third-order valence-electron chi connectivity index (χ3n) is 4.60. The first kappa shape index (κ1) is 18.7. The van der Waals surface area contributed by atoms with E-state index in [1.807, 2.05) is 0 Å². The van der Waals surface area contributed by atoms with Crippen molar-refractivity contribution < 1.29 is 14.3 Å². The van der Waals surface area contributed by atoms with E-state index in [4.69, 9.17) is 4.74 Å². The number of nitrogens with zero attached hydrogens (tertiary/aromatic N) is 5. The van der Waals surface area contributed by atoms with E-state index >= 15 is 0 Å². The predicted octanol–water partition coefficient (Wildman–Crippen LogP) is 1.68. The Morgan fingerprint density at radius 2 is 2.19 bits per heavy atom. The van der Waals surface area contributed by atoms with Crippen molar-refractivity contribution in [1.29, 1.82) is 0 Å². The minimum Gasteiger partial charge on any atom is -0.495 e. The molecule has 1 unspecified atom stereocenters. The maximum atomic E-state index is 12.9. The van der Waals surface area contributed by atoms with Gasteiger partial charge in [0, 0.05) is 26.2 Å². The van der Waals surface area contributed by atoms with Crippen LogP contribution in [0.5, 0.6) is 5.75 Å². The molecule has 2 aromatic rings. The van der Waals surface area contributed by atoms with E-state index in [0.29, 0.717) is 30.1 Å². The fourth-order valence-corrected chi connectivity index (χ4v) is 3.22. The van der Waals surface area contributed by atoms with Crippen LogP contribution in [0.4, 0.5) is 10.5 Å². The van der Waals surface area contributed by atoms with Gasteiger partial charge in [-0.2, -0.15) is 5.10 Å². The number of urea groups is 1. The van der Waals surface area contributed by atoms with Crippen molar-refractivity contribution in [2.24, 2.45) is 0 Å². The fourth-order valence-electron chi connectivity index (χ4n) is 3.22. The summed E-state index contributed by atoms with van der Waals surface area (Å²) in [6.45, 7) is 1.27. The Morgan fingerprint density at radius 3 is 2.85 bits per heavy atom. The van der Waals surface area contributed by atoms with Gasteiger partial charge in [-0.05, 0) is 31.0 Å². The first-order valence-electron chi connectivity index (χ1n) is 8.79. The molecule has 0 radical (unpaired) electrons. The van der Waals surface area contributed by atoms with Crippen LogP contribution in [0.1, 0.15) is 23.2 Å². The molecule has 0 bridgehead atoms. The molecule has 3 rings (SSSR count). The van der Waals surface area contributed by atoms with Crippen molar-refractivity contribution in [3.05, 3.63) is 36.4 Å². The molecule has 0 spiro atoms.